The molecule has 124 valence electrons. The second kappa shape index (κ2) is 6.55. The smallest absolute Gasteiger partial charge is 0.124 e. The molecule has 1 fully saturated rings. The van der Waals surface area contributed by atoms with Gasteiger partial charge >= 0.3 is 0 Å². The molecule has 1 aromatic carbocycles. The van der Waals surface area contributed by atoms with Crippen LogP contribution in [0.5, 0.6) is 0 Å². The Balaban J connectivity index is 1.57. The number of aryl methyl sites for hydroxylation is 1. The molecule has 1 aliphatic heterocycles. The lowest BCUT2D eigenvalue weighted by atomic mass is 10.1. The van der Waals surface area contributed by atoms with Gasteiger partial charge in [0.25, 0.3) is 0 Å². The van der Waals surface area contributed by atoms with Gasteiger partial charge in [-0.1, -0.05) is 6.07 Å². The molecule has 6 heteroatoms. The summed E-state index contributed by atoms with van der Waals surface area (Å²) in [7, 11) is 0. The van der Waals surface area contributed by atoms with Gasteiger partial charge in [-0.05, 0) is 30.7 Å². The van der Waals surface area contributed by atoms with Crippen molar-refractivity contribution in [1.29, 1.82) is 0 Å². The summed E-state index contributed by atoms with van der Waals surface area (Å²) >= 11 is 1.63. The molecule has 0 saturated carbocycles. The molecule has 4 nitrogen and oxygen atoms in total. The molecule has 3 aromatic rings. The highest BCUT2D eigenvalue weighted by Crippen LogP contribution is 2.27. The first-order valence-electron chi connectivity index (χ1n) is 7.98. The average Bonchev–Trinajstić information content (AvgIpc) is 3.01. The van der Waals surface area contributed by atoms with Crippen molar-refractivity contribution in [2.45, 2.75) is 19.6 Å². The third kappa shape index (κ3) is 3.17. The number of fused-ring (bicyclic) bond motifs is 1. The summed E-state index contributed by atoms with van der Waals surface area (Å²) in [6, 6.07) is 6.86. The highest BCUT2D eigenvalue weighted by Gasteiger charge is 2.24. The molecule has 1 saturated heterocycles. The van der Waals surface area contributed by atoms with Gasteiger partial charge in [0.1, 0.15) is 16.9 Å². The fourth-order valence-corrected chi connectivity index (χ4v) is 3.94. The van der Waals surface area contributed by atoms with E-state index in [0.717, 1.165) is 40.3 Å². The largest absolute Gasteiger partial charge is 0.368 e. The average molecular weight is 343 g/mol. The van der Waals surface area contributed by atoms with Crippen LogP contribution in [0.2, 0.25) is 0 Å². The van der Waals surface area contributed by atoms with Crippen LogP contribution in [0.3, 0.4) is 0 Å². The lowest BCUT2D eigenvalue weighted by molar-refractivity contribution is -0.0329. The molecule has 1 atom stereocenters. The normalized spacial score (nSPS) is 19.0. The van der Waals surface area contributed by atoms with Crippen molar-refractivity contribution in [2.24, 2.45) is 0 Å². The van der Waals surface area contributed by atoms with Crippen molar-refractivity contribution in [3.63, 3.8) is 0 Å². The van der Waals surface area contributed by atoms with E-state index in [9.17, 15) is 4.39 Å². The van der Waals surface area contributed by atoms with E-state index in [0.29, 0.717) is 13.2 Å². The standard InChI is InChI=1S/C18H18FN3OS/c1-12-11-24-18(21-12)16-10-22(5-6-23-16)9-14-8-15(19)7-13-3-2-4-20-17(13)14/h2-4,7-8,11,16H,5-6,9-10H2,1H3/t16-/m1/s1. The number of pyridine rings is 1. The minimum Gasteiger partial charge on any atom is -0.368 e. The van der Waals surface area contributed by atoms with E-state index in [1.54, 1.807) is 23.6 Å². The molecule has 0 radical (unpaired) electrons. The van der Waals surface area contributed by atoms with Crippen LogP contribution in [0, 0.1) is 12.7 Å². The molecule has 0 unspecified atom stereocenters. The molecule has 4 rings (SSSR count). The number of hydrogen-bond acceptors (Lipinski definition) is 5. The molecular formula is C18H18FN3OS. The van der Waals surface area contributed by atoms with Crippen LogP contribution in [-0.4, -0.2) is 34.6 Å². The molecule has 3 heterocycles. The Morgan fingerprint density at radius 3 is 3.17 bits per heavy atom. The number of morpholine rings is 1. The number of nitrogens with zero attached hydrogens (tertiary/aromatic N) is 3. The minimum atomic E-state index is -0.217. The van der Waals surface area contributed by atoms with Crippen LogP contribution >= 0.6 is 11.3 Å². The molecular weight excluding hydrogens is 325 g/mol. The Hall–Kier alpha value is -1.89. The zero-order valence-corrected chi connectivity index (χ0v) is 14.2. The quantitative estimate of drug-likeness (QED) is 0.727. The highest BCUT2D eigenvalue weighted by molar-refractivity contribution is 7.09. The number of hydrogen-bond donors (Lipinski definition) is 0. The molecule has 0 N–H and O–H groups in total. The third-order valence-corrected chi connectivity index (χ3v) is 5.26. The van der Waals surface area contributed by atoms with Crippen LogP contribution in [-0.2, 0) is 11.3 Å². The summed E-state index contributed by atoms with van der Waals surface area (Å²) in [4.78, 5) is 11.3. The SMILES string of the molecule is Cc1csc([C@H]2CN(Cc3cc(F)cc4cccnc34)CCO2)n1. The second-order valence-electron chi connectivity index (χ2n) is 6.06. The zero-order valence-electron chi connectivity index (χ0n) is 13.4. The van der Waals surface area contributed by atoms with Crippen molar-refractivity contribution in [3.05, 3.63) is 57.9 Å². The second-order valence-corrected chi connectivity index (χ2v) is 6.95. The Labute approximate surface area is 143 Å². The van der Waals surface area contributed by atoms with Gasteiger partial charge in [-0.2, -0.15) is 0 Å². The van der Waals surface area contributed by atoms with E-state index in [1.165, 1.54) is 6.07 Å². The lowest BCUT2D eigenvalue weighted by Crippen LogP contribution is -2.37. The summed E-state index contributed by atoms with van der Waals surface area (Å²) in [5, 5.41) is 3.90. The monoisotopic (exact) mass is 343 g/mol. The van der Waals surface area contributed by atoms with Gasteiger partial charge in [0.2, 0.25) is 0 Å². The summed E-state index contributed by atoms with van der Waals surface area (Å²) in [6.45, 7) is 4.90. The third-order valence-electron chi connectivity index (χ3n) is 4.21. The molecule has 0 aliphatic carbocycles. The van der Waals surface area contributed by atoms with Gasteiger partial charge in [-0.3, -0.25) is 9.88 Å². The maximum Gasteiger partial charge on any atom is 0.124 e. The lowest BCUT2D eigenvalue weighted by Gasteiger charge is -2.32. The summed E-state index contributed by atoms with van der Waals surface area (Å²) < 4.78 is 19.8. The molecule has 0 spiro atoms. The first kappa shape index (κ1) is 15.6. The van der Waals surface area contributed by atoms with Crippen LogP contribution in [0.25, 0.3) is 10.9 Å². The number of ether oxygens (including phenoxy) is 1. The van der Waals surface area contributed by atoms with E-state index >= 15 is 0 Å². The van der Waals surface area contributed by atoms with E-state index in [4.69, 9.17) is 4.74 Å². The number of thiazole rings is 1. The van der Waals surface area contributed by atoms with Gasteiger partial charge < -0.3 is 4.74 Å². The molecule has 1 aliphatic rings. The molecule has 0 amide bonds. The number of benzene rings is 1. The Morgan fingerprint density at radius 2 is 2.33 bits per heavy atom. The molecule has 2 aromatic heterocycles. The fourth-order valence-electron chi connectivity index (χ4n) is 3.10. The summed E-state index contributed by atoms with van der Waals surface area (Å²) in [5.74, 6) is -0.217. The van der Waals surface area contributed by atoms with E-state index in [-0.39, 0.29) is 11.9 Å². The predicted molar refractivity (Wildman–Crippen MR) is 92.5 cm³/mol. The minimum absolute atomic E-state index is 0.00904. The predicted octanol–water partition coefficient (Wildman–Crippen LogP) is 3.71. The maximum absolute atomic E-state index is 13.9. The van der Waals surface area contributed by atoms with Crippen molar-refractivity contribution in [1.82, 2.24) is 14.9 Å². The zero-order chi connectivity index (χ0) is 16.5. The van der Waals surface area contributed by atoms with E-state index in [2.05, 4.69) is 14.9 Å². The number of halogens is 1. The van der Waals surface area contributed by atoms with Crippen molar-refractivity contribution < 1.29 is 9.13 Å². The first-order chi connectivity index (χ1) is 11.7. The fraction of sp³-hybridized carbons (Fsp3) is 0.333. The van der Waals surface area contributed by atoms with Crippen LogP contribution in [0.15, 0.2) is 35.8 Å². The van der Waals surface area contributed by atoms with Crippen molar-refractivity contribution >= 4 is 22.2 Å². The Kier molecular flexibility index (Phi) is 4.26. The number of aromatic nitrogens is 2. The topological polar surface area (TPSA) is 38.2 Å². The van der Waals surface area contributed by atoms with Crippen LogP contribution < -0.4 is 0 Å². The highest BCUT2D eigenvalue weighted by atomic mass is 32.1. The first-order valence-corrected chi connectivity index (χ1v) is 8.86. The van der Waals surface area contributed by atoms with Gasteiger partial charge in [0.05, 0.1) is 12.1 Å². The Bertz CT molecular complexity index is 866. The van der Waals surface area contributed by atoms with E-state index in [1.807, 2.05) is 24.4 Å². The van der Waals surface area contributed by atoms with Crippen molar-refractivity contribution in [2.75, 3.05) is 19.7 Å². The van der Waals surface area contributed by atoms with Gasteiger partial charge in [0, 0.05) is 42.3 Å². The number of rotatable bonds is 3. The van der Waals surface area contributed by atoms with Crippen LogP contribution in [0.4, 0.5) is 4.39 Å². The Morgan fingerprint density at radius 1 is 1.42 bits per heavy atom. The van der Waals surface area contributed by atoms with Gasteiger partial charge in [0.15, 0.2) is 0 Å². The van der Waals surface area contributed by atoms with Gasteiger partial charge in [-0.15, -0.1) is 11.3 Å². The van der Waals surface area contributed by atoms with Gasteiger partial charge in [-0.25, -0.2) is 9.37 Å². The molecule has 0 bridgehead atoms. The maximum atomic E-state index is 13.9. The summed E-state index contributed by atoms with van der Waals surface area (Å²) in [5.41, 5.74) is 2.81. The summed E-state index contributed by atoms with van der Waals surface area (Å²) in [6.07, 6.45) is 1.75. The van der Waals surface area contributed by atoms with E-state index < -0.39 is 0 Å². The molecule has 24 heavy (non-hydrogen) atoms. The van der Waals surface area contributed by atoms with Crippen LogP contribution in [0.1, 0.15) is 22.4 Å². The van der Waals surface area contributed by atoms with Crippen molar-refractivity contribution in [3.8, 4) is 0 Å².